The fourth-order valence-electron chi connectivity index (χ4n) is 3.34. The van der Waals surface area contributed by atoms with Crippen LogP contribution in [0, 0.1) is 0 Å². The van der Waals surface area contributed by atoms with Gasteiger partial charge >= 0.3 is 0 Å². The van der Waals surface area contributed by atoms with Gasteiger partial charge in [-0.2, -0.15) is 0 Å². The lowest BCUT2D eigenvalue weighted by molar-refractivity contribution is 0.228. The van der Waals surface area contributed by atoms with Crippen LogP contribution in [0.1, 0.15) is 18.4 Å². The zero-order chi connectivity index (χ0) is 13.2. The molecule has 104 valence electrons. The molecule has 1 unspecified atom stereocenters. The van der Waals surface area contributed by atoms with Gasteiger partial charge in [0.1, 0.15) is 5.75 Å². The second-order valence-electron chi connectivity index (χ2n) is 5.50. The predicted octanol–water partition coefficient (Wildman–Crippen LogP) is 1.22. The number of hydrogen-bond acceptors (Lipinski definition) is 4. The first-order valence-electron chi connectivity index (χ1n) is 7.29. The Kier molecular flexibility index (Phi) is 3.62. The van der Waals surface area contributed by atoms with Gasteiger partial charge in [-0.1, -0.05) is 6.07 Å². The first-order valence-corrected chi connectivity index (χ1v) is 7.29. The summed E-state index contributed by atoms with van der Waals surface area (Å²) in [5.74, 6) is 0.905. The molecular formula is C15H23N3O. The van der Waals surface area contributed by atoms with Gasteiger partial charge in [-0.25, -0.2) is 0 Å². The molecule has 0 aliphatic carbocycles. The summed E-state index contributed by atoms with van der Waals surface area (Å²) in [6.45, 7) is 9.68. The average Bonchev–Trinajstić information content (AvgIpc) is 2.79. The number of rotatable bonds is 3. The Bertz CT molecular complexity index is 443. The highest BCUT2D eigenvalue weighted by molar-refractivity contribution is 5.65. The van der Waals surface area contributed by atoms with Gasteiger partial charge < -0.3 is 20.2 Å². The number of likely N-dealkylation sites (N-methyl/N-ethyl adjacent to an activating group) is 1. The topological polar surface area (TPSA) is 38.7 Å². The average molecular weight is 261 g/mol. The maximum Gasteiger partial charge on any atom is 0.121 e. The van der Waals surface area contributed by atoms with Crippen LogP contribution in [-0.2, 0) is 0 Å². The van der Waals surface area contributed by atoms with Crippen molar-refractivity contribution in [3.63, 3.8) is 0 Å². The van der Waals surface area contributed by atoms with Crippen molar-refractivity contribution in [1.82, 2.24) is 10.2 Å². The summed E-state index contributed by atoms with van der Waals surface area (Å²) in [5.41, 5.74) is 2.38. The van der Waals surface area contributed by atoms with Crippen LogP contribution in [0.5, 0.6) is 5.75 Å². The molecule has 4 heteroatoms. The summed E-state index contributed by atoms with van der Waals surface area (Å²) < 4.78 is 0. The number of nitrogens with zero attached hydrogens (tertiary/aromatic N) is 2. The van der Waals surface area contributed by atoms with Crippen LogP contribution < -0.4 is 10.2 Å². The van der Waals surface area contributed by atoms with Crippen LogP contribution in [0.2, 0.25) is 0 Å². The molecule has 0 bridgehead atoms. The Morgan fingerprint density at radius 1 is 1.32 bits per heavy atom. The number of piperazine rings is 1. The zero-order valence-corrected chi connectivity index (χ0v) is 11.6. The Hall–Kier alpha value is -1.26. The molecule has 1 saturated heterocycles. The number of fused-ring (bicyclic) bond motifs is 1. The second-order valence-corrected chi connectivity index (χ2v) is 5.50. The number of aromatic hydroxyl groups is 1. The van der Waals surface area contributed by atoms with Gasteiger partial charge in [-0.3, -0.25) is 0 Å². The largest absolute Gasteiger partial charge is 0.508 e. The van der Waals surface area contributed by atoms with E-state index in [9.17, 15) is 5.11 Å². The first kappa shape index (κ1) is 12.8. The van der Waals surface area contributed by atoms with Crippen molar-refractivity contribution < 1.29 is 5.11 Å². The van der Waals surface area contributed by atoms with Crippen LogP contribution in [0.3, 0.4) is 0 Å². The molecular weight excluding hydrogens is 238 g/mol. The fourth-order valence-corrected chi connectivity index (χ4v) is 3.34. The lowest BCUT2D eigenvalue weighted by atomic mass is 9.99. The minimum atomic E-state index is 0.439. The second kappa shape index (κ2) is 5.39. The summed E-state index contributed by atoms with van der Waals surface area (Å²) >= 11 is 0. The molecule has 0 radical (unpaired) electrons. The number of phenols is 1. The number of hydrogen-bond donors (Lipinski definition) is 2. The summed E-state index contributed by atoms with van der Waals surface area (Å²) in [5, 5.41) is 13.6. The highest BCUT2D eigenvalue weighted by Gasteiger charge is 2.31. The maximum atomic E-state index is 10.2. The Labute approximate surface area is 115 Å². The van der Waals surface area contributed by atoms with Crippen molar-refractivity contribution in [3.05, 3.63) is 23.8 Å². The molecule has 2 aliphatic rings. The quantitative estimate of drug-likeness (QED) is 0.858. The lowest BCUT2D eigenvalue weighted by Gasteiger charge is -2.30. The molecule has 1 fully saturated rings. The number of nitrogens with one attached hydrogen (secondary N) is 1. The van der Waals surface area contributed by atoms with E-state index in [1.807, 2.05) is 12.1 Å². The maximum absolute atomic E-state index is 10.2. The molecule has 0 aromatic heterocycles. The van der Waals surface area contributed by atoms with Gasteiger partial charge in [-0.05, 0) is 19.1 Å². The molecule has 0 saturated carbocycles. The van der Waals surface area contributed by atoms with E-state index >= 15 is 0 Å². The zero-order valence-electron chi connectivity index (χ0n) is 11.6. The van der Waals surface area contributed by atoms with E-state index in [1.165, 1.54) is 5.69 Å². The van der Waals surface area contributed by atoms with Crippen LogP contribution in [0.25, 0.3) is 0 Å². The Morgan fingerprint density at radius 3 is 2.84 bits per heavy atom. The number of anilines is 1. The highest BCUT2D eigenvalue weighted by Crippen LogP contribution is 2.41. The molecule has 1 atom stereocenters. The van der Waals surface area contributed by atoms with Crippen molar-refractivity contribution in [2.45, 2.75) is 12.8 Å². The Balaban J connectivity index is 1.80. The van der Waals surface area contributed by atoms with E-state index in [4.69, 9.17) is 0 Å². The van der Waals surface area contributed by atoms with Crippen molar-refractivity contribution in [1.29, 1.82) is 0 Å². The monoisotopic (exact) mass is 261 g/mol. The van der Waals surface area contributed by atoms with Gasteiger partial charge in [0, 0.05) is 63.0 Å². The van der Waals surface area contributed by atoms with Crippen molar-refractivity contribution in [2.24, 2.45) is 0 Å². The summed E-state index contributed by atoms with van der Waals surface area (Å²) in [6.07, 6.45) is 0. The normalized spacial score (nSPS) is 23.6. The third kappa shape index (κ3) is 2.42. The van der Waals surface area contributed by atoms with Gasteiger partial charge in [-0.15, -0.1) is 0 Å². The molecule has 0 spiro atoms. The van der Waals surface area contributed by atoms with E-state index in [-0.39, 0.29) is 0 Å². The molecule has 3 rings (SSSR count). The molecule has 19 heavy (non-hydrogen) atoms. The smallest absolute Gasteiger partial charge is 0.121 e. The lowest BCUT2D eigenvalue weighted by Crippen LogP contribution is -2.45. The van der Waals surface area contributed by atoms with Gasteiger partial charge in [0.15, 0.2) is 0 Å². The molecule has 2 heterocycles. The molecule has 0 amide bonds. The SMILES string of the molecule is CCN1CC(CN2CCNCC2)c2c(O)cccc21. The first-order chi connectivity index (χ1) is 9.29. The van der Waals surface area contributed by atoms with E-state index in [1.54, 1.807) is 0 Å². The number of benzene rings is 1. The van der Waals surface area contributed by atoms with Crippen molar-refractivity contribution in [2.75, 3.05) is 50.7 Å². The molecule has 2 N–H and O–H groups in total. The summed E-state index contributed by atoms with van der Waals surface area (Å²) in [6, 6.07) is 5.91. The minimum absolute atomic E-state index is 0.439. The molecule has 4 nitrogen and oxygen atoms in total. The van der Waals surface area contributed by atoms with E-state index < -0.39 is 0 Å². The van der Waals surface area contributed by atoms with Crippen molar-refractivity contribution in [3.8, 4) is 5.75 Å². The Morgan fingerprint density at radius 2 is 2.11 bits per heavy atom. The minimum Gasteiger partial charge on any atom is -0.508 e. The van der Waals surface area contributed by atoms with E-state index in [0.717, 1.165) is 51.4 Å². The predicted molar refractivity (Wildman–Crippen MR) is 78.0 cm³/mol. The van der Waals surface area contributed by atoms with Crippen LogP contribution in [0.4, 0.5) is 5.69 Å². The molecule has 1 aromatic rings. The molecule has 2 aliphatic heterocycles. The van der Waals surface area contributed by atoms with Gasteiger partial charge in [0.2, 0.25) is 0 Å². The molecule has 1 aromatic carbocycles. The van der Waals surface area contributed by atoms with Crippen LogP contribution >= 0.6 is 0 Å². The summed E-state index contributed by atoms with van der Waals surface area (Å²) in [7, 11) is 0. The van der Waals surface area contributed by atoms with Gasteiger partial charge in [0.25, 0.3) is 0 Å². The van der Waals surface area contributed by atoms with E-state index in [0.29, 0.717) is 11.7 Å². The fraction of sp³-hybridized carbons (Fsp3) is 0.600. The number of phenolic OH excluding ortho intramolecular Hbond substituents is 1. The summed E-state index contributed by atoms with van der Waals surface area (Å²) in [4.78, 5) is 4.89. The van der Waals surface area contributed by atoms with Crippen molar-refractivity contribution >= 4 is 5.69 Å². The van der Waals surface area contributed by atoms with E-state index in [2.05, 4.69) is 28.1 Å². The third-order valence-corrected chi connectivity index (χ3v) is 4.32. The van der Waals surface area contributed by atoms with Gasteiger partial charge in [0.05, 0.1) is 0 Å². The standard InChI is InChI=1S/C15H23N3O/c1-2-18-11-12(10-17-8-6-16-7-9-17)15-13(18)4-3-5-14(15)19/h3-5,12,16,19H,2,6-11H2,1H3. The highest BCUT2D eigenvalue weighted by atomic mass is 16.3. The van der Waals surface area contributed by atoms with Crippen LogP contribution in [-0.4, -0.2) is 55.8 Å². The van der Waals surface area contributed by atoms with Crippen LogP contribution in [0.15, 0.2) is 18.2 Å². The third-order valence-electron chi connectivity index (χ3n) is 4.32.